The molecule has 8 nitrogen and oxygen atoms in total. The molecule has 0 saturated carbocycles. The minimum Gasteiger partial charge on any atom is -0.379 e. The largest absolute Gasteiger partial charge is 0.379 e. The third-order valence-electron chi connectivity index (χ3n) is 5.89. The Balaban J connectivity index is 1.35. The molecule has 36 heavy (non-hydrogen) atoms. The van der Waals surface area contributed by atoms with Crippen LogP contribution in [0.4, 0.5) is 0 Å². The molecule has 10 heteroatoms. The molecule has 5 rings (SSSR count). The van der Waals surface area contributed by atoms with E-state index in [4.69, 9.17) is 22.1 Å². The van der Waals surface area contributed by atoms with E-state index in [9.17, 15) is 9.59 Å². The van der Waals surface area contributed by atoms with Crippen LogP contribution in [0.2, 0.25) is 0 Å². The lowest BCUT2D eigenvalue weighted by atomic mass is 10.1. The molecule has 0 spiro atoms. The molecule has 2 amide bonds. The maximum absolute atomic E-state index is 13.2. The Morgan fingerprint density at radius 1 is 1.08 bits per heavy atom. The number of thioether (sulfide) groups is 1. The lowest BCUT2D eigenvalue weighted by molar-refractivity contribution is -0.133. The molecule has 1 N–H and O–H groups in total. The topological polar surface area (TPSA) is 79.7 Å². The molecule has 2 aromatic carbocycles. The normalized spacial score (nSPS) is 17.7. The van der Waals surface area contributed by atoms with Gasteiger partial charge in [-0.15, -0.1) is 0 Å². The predicted octanol–water partition coefficient (Wildman–Crippen LogP) is 3.49. The number of ether oxygens (including phenoxy) is 1. The van der Waals surface area contributed by atoms with Crippen molar-refractivity contribution in [1.82, 2.24) is 25.1 Å². The second-order valence-corrected chi connectivity index (χ2v) is 10.0. The number of rotatable bonds is 7. The van der Waals surface area contributed by atoms with E-state index in [2.05, 4.69) is 10.3 Å². The second-order valence-electron chi connectivity index (χ2n) is 8.34. The fourth-order valence-corrected chi connectivity index (χ4v) is 5.17. The third kappa shape index (κ3) is 5.57. The summed E-state index contributed by atoms with van der Waals surface area (Å²) in [5.41, 5.74) is 6.05. The first-order chi connectivity index (χ1) is 17.6. The standard InChI is InChI=1S/C26H25N5O3S2/c32-23(11-12-29-13-15-34-16-14-29)27-31-25(33)22(36-26(31)35)17-20-18-30(21-9-5-2-6-10-21)28-24(20)19-7-3-1-4-8-19/h1-10,17-18H,11-16H2,(H,27,32). The molecule has 2 fully saturated rings. The van der Waals surface area contributed by atoms with Crippen LogP contribution in [0.25, 0.3) is 23.0 Å². The second kappa shape index (κ2) is 11.2. The average molecular weight is 520 g/mol. The number of carbonyl (C=O) groups is 2. The summed E-state index contributed by atoms with van der Waals surface area (Å²) in [5.74, 6) is -0.600. The van der Waals surface area contributed by atoms with Crippen molar-refractivity contribution in [2.45, 2.75) is 6.42 Å². The van der Waals surface area contributed by atoms with Crippen LogP contribution in [0.5, 0.6) is 0 Å². The van der Waals surface area contributed by atoms with Crippen molar-refractivity contribution in [2.75, 3.05) is 32.8 Å². The first kappa shape index (κ1) is 24.4. The zero-order valence-corrected chi connectivity index (χ0v) is 21.1. The van der Waals surface area contributed by atoms with Gasteiger partial charge in [-0.05, 0) is 30.4 Å². The highest BCUT2D eigenvalue weighted by Gasteiger charge is 2.34. The molecule has 0 atom stereocenters. The number of benzene rings is 2. The molecule has 0 aliphatic carbocycles. The van der Waals surface area contributed by atoms with E-state index in [0.29, 0.717) is 29.0 Å². The van der Waals surface area contributed by atoms with Gasteiger partial charge >= 0.3 is 0 Å². The number of carbonyl (C=O) groups excluding carboxylic acids is 2. The molecule has 0 bridgehead atoms. The smallest absolute Gasteiger partial charge is 0.285 e. The Kier molecular flexibility index (Phi) is 7.57. The summed E-state index contributed by atoms with van der Waals surface area (Å²) in [7, 11) is 0. The summed E-state index contributed by atoms with van der Waals surface area (Å²) in [6.45, 7) is 3.56. The van der Waals surface area contributed by atoms with Gasteiger partial charge in [0.1, 0.15) is 0 Å². The highest BCUT2D eigenvalue weighted by molar-refractivity contribution is 8.26. The lowest BCUT2D eigenvalue weighted by Gasteiger charge is -2.26. The van der Waals surface area contributed by atoms with Crippen molar-refractivity contribution >= 4 is 46.2 Å². The van der Waals surface area contributed by atoms with Crippen molar-refractivity contribution in [3.8, 4) is 16.9 Å². The highest BCUT2D eigenvalue weighted by atomic mass is 32.2. The number of para-hydroxylation sites is 1. The van der Waals surface area contributed by atoms with Gasteiger partial charge in [0.25, 0.3) is 5.91 Å². The molecule has 2 aliphatic heterocycles. The molecule has 0 radical (unpaired) electrons. The van der Waals surface area contributed by atoms with Gasteiger partial charge in [-0.2, -0.15) is 10.1 Å². The fraction of sp³-hybridized carbons (Fsp3) is 0.231. The van der Waals surface area contributed by atoms with E-state index in [-0.39, 0.29) is 18.2 Å². The van der Waals surface area contributed by atoms with Gasteiger partial charge in [0.2, 0.25) is 5.91 Å². The van der Waals surface area contributed by atoms with Crippen LogP contribution in [0, 0.1) is 0 Å². The Bertz CT molecular complexity index is 1290. The summed E-state index contributed by atoms with van der Waals surface area (Å²) < 4.78 is 7.43. The number of hydrogen-bond donors (Lipinski definition) is 1. The van der Waals surface area contributed by atoms with Crippen LogP contribution in [-0.2, 0) is 14.3 Å². The SMILES string of the molecule is O=C(CCN1CCOCC1)NN1C(=O)C(=Cc2cn(-c3ccccc3)nc2-c2ccccc2)SC1=S. The minimum absolute atomic E-state index is 0.249. The quantitative estimate of drug-likeness (QED) is 0.378. The summed E-state index contributed by atoms with van der Waals surface area (Å²) >= 11 is 6.58. The highest BCUT2D eigenvalue weighted by Crippen LogP contribution is 2.34. The van der Waals surface area contributed by atoms with Gasteiger partial charge in [-0.3, -0.25) is 19.9 Å². The van der Waals surface area contributed by atoms with E-state index in [1.807, 2.05) is 66.9 Å². The number of nitrogens with zero attached hydrogens (tertiary/aromatic N) is 4. The van der Waals surface area contributed by atoms with Crippen molar-refractivity contribution in [3.63, 3.8) is 0 Å². The first-order valence-electron chi connectivity index (χ1n) is 11.7. The minimum atomic E-state index is -0.351. The zero-order chi connectivity index (χ0) is 24.9. The average Bonchev–Trinajstić information content (AvgIpc) is 3.45. The van der Waals surface area contributed by atoms with Crippen molar-refractivity contribution in [3.05, 3.63) is 77.3 Å². The van der Waals surface area contributed by atoms with E-state index in [1.54, 1.807) is 10.8 Å². The fourth-order valence-electron chi connectivity index (χ4n) is 4.00. The van der Waals surface area contributed by atoms with Crippen molar-refractivity contribution < 1.29 is 14.3 Å². The van der Waals surface area contributed by atoms with E-state index >= 15 is 0 Å². The molecular weight excluding hydrogens is 494 g/mol. The van der Waals surface area contributed by atoms with Gasteiger partial charge in [-0.25, -0.2) is 4.68 Å². The Morgan fingerprint density at radius 2 is 1.78 bits per heavy atom. The van der Waals surface area contributed by atoms with Crippen molar-refractivity contribution in [1.29, 1.82) is 0 Å². The lowest BCUT2D eigenvalue weighted by Crippen LogP contribution is -2.46. The first-order valence-corrected chi connectivity index (χ1v) is 12.9. The van der Waals surface area contributed by atoms with Gasteiger partial charge in [0.05, 0.1) is 29.5 Å². The van der Waals surface area contributed by atoms with Crippen LogP contribution in [0.3, 0.4) is 0 Å². The molecule has 3 aromatic rings. The van der Waals surface area contributed by atoms with Gasteiger partial charge in [0, 0.05) is 43.4 Å². The number of thiocarbonyl (C=S) groups is 1. The molecule has 2 aliphatic rings. The Hall–Kier alpha value is -3.31. The number of nitrogens with one attached hydrogen (secondary N) is 1. The maximum atomic E-state index is 13.2. The van der Waals surface area contributed by atoms with Crippen LogP contribution in [0.1, 0.15) is 12.0 Å². The van der Waals surface area contributed by atoms with Crippen LogP contribution in [-0.4, -0.2) is 68.7 Å². The maximum Gasteiger partial charge on any atom is 0.285 e. The van der Waals surface area contributed by atoms with Gasteiger partial charge in [-0.1, -0.05) is 60.3 Å². The van der Waals surface area contributed by atoms with Crippen molar-refractivity contribution in [2.24, 2.45) is 0 Å². The third-order valence-corrected chi connectivity index (χ3v) is 7.19. The summed E-state index contributed by atoms with van der Waals surface area (Å²) in [4.78, 5) is 28.3. The number of morpholine rings is 1. The van der Waals surface area contributed by atoms with Crippen LogP contribution < -0.4 is 5.43 Å². The molecular formula is C26H25N5O3S2. The monoisotopic (exact) mass is 519 g/mol. The molecule has 0 unspecified atom stereocenters. The molecule has 2 saturated heterocycles. The zero-order valence-electron chi connectivity index (χ0n) is 19.5. The van der Waals surface area contributed by atoms with Gasteiger partial charge < -0.3 is 4.74 Å². The van der Waals surface area contributed by atoms with E-state index in [1.165, 1.54) is 0 Å². The Morgan fingerprint density at radius 3 is 2.50 bits per heavy atom. The Labute approximate surface area is 218 Å². The van der Waals surface area contributed by atoms with E-state index in [0.717, 1.165) is 52.4 Å². The van der Waals surface area contributed by atoms with Gasteiger partial charge in [0.15, 0.2) is 4.32 Å². The number of hydrogen-bond acceptors (Lipinski definition) is 7. The van der Waals surface area contributed by atoms with E-state index < -0.39 is 0 Å². The van der Waals surface area contributed by atoms with Crippen LogP contribution >= 0.6 is 24.0 Å². The number of amides is 2. The molecule has 1 aromatic heterocycles. The summed E-state index contributed by atoms with van der Waals surface area (Å²) in [5, 5.41) is 5.96. The molecule has 184 valence electrons. The number of hydrazine groups is 1. The predicted molar refractivity (Wildman–Crippen MR) is 144 cm³/mol. The number of aromatic nitrogens is 2. The van der Waals surface area contributed by atoms with Crippen LogP contribution in [0.15, 0.2) is 71.8 Å². The summed E-state index contributed by atoms with van der Waals surface area (Å²) in [6, 6.07) is 19.6. The summed E-state index contributed by atoms with van der Waals surface area (Å²) in [6.07, 6.45) is 3.96. The molecule has 3 heterocycles.